The van der Waals surface area contributed by atoms with Crippen LogP contribution in [0.25, 0.3) is 33.0 Å². The Balaban J connectivity index is 1.13. The van der Waals surface area contributed by atoms with Gasteiger partial charge < -0.3 is 23.8 Å². The summed E-state index contributed by atoms with van der Waals surface area (Å²) in [5.74, 6) is 1.37. The third-order valence-corrected chi connectivity index (χ3v) is 12.6. The molecule has 312 valence electrons. The van der Waals surface area contributed by atoms with Crippen molar-refractivity contribution in [3.63, 3.8) is 0 Å². The molecule has 1 aliphatic rings. The zero-order valence-electron chi connectivity index (χ0n) is 36.6. The van der Waals surface area contributed by atoms with Gasteiger partial charge in [-0.3, -0.25) is 0 Å². The van der Waals surface area contributed by atoms with Crippen LogP contribution in [0.1, 0.15) is 27.7 Å². The molecule has 0 amide bonds. The number of hydrogen-bond acceptors (Lipinski definition) is 5. The van der Waals surface area contributed by atoms with Crippen LogP contribution >= 0.6 is 0 Å². The maximum Gasteiger partial charge on any atom is 0.500 e. The van der Waals surface area contributed by atoms with Crippen molar-refractivity contribution >= 4 is 57.5 Å². The van der Waals surface area contributed by atoms with Crippen molar-refractivity contribution in [3.05, 3.63) is 224 Å². The van der Waals surface area contributed by atoms with Gasteiger partial charge in [0.15, 0.2) is 0 Å². The van der Waals surface area contributed by atoms with E-state index < -0.39 is 18.3 Å². The lowest BCUT2D eigenvalue weighted by Crippen LogP contribution is -2.41. The summed E-state index contributed by atoms with van der Waals surface area (Å²) in [6.45, 7) is 8.37. The molecule has 64 heavy (non-hydrogen) atoms. The number of hydrogen-bond donors (Lipinski definition) is 0. The number of rotatable bonds is 11. The summed E-state index contributed by atoms with van der Waals surface area (Å²) in [5, 5.41) is 2.03. The molecule has 0 atom stereocenters. The molecule has 0 spiro atoms. The molecule has 0 aromatic heterocycles. The highest BCUT2D eigenvalue weighted by molar-refractivity contribution is 6.65. The Hall–Kier alpha value is -7.38. The van der Waals surface area contributed by atoms with Gasteiger partial charge in [0.2, 0.25) is 0 Å². The van der Waals surface area contributed by atoms with Gasteiger partial charge in [0.05, 0.1) is 16.9 Å². The number of anilines is 6. The lowest BCUT2D eigenvalue weighted by Gasteiger charge is -2.32. The summed E-state index contributed by atoms with van der Waals surface area (Å²) in [5.41, 5.74) is 10.2. The molecule has 0 saturated carbocycles. The molecule has 6 heteroatoms. The van der Waals surface area contributed by atoms with Crippen LogP contribution in [0, 0.1) is 0 Å². The molecule has 0 aliphatic carbocycles. The third-order valence-electron chi connectivity index (χ3n) is 12.6. The molecule has 1 saturated heterocycles. The Labute approximate surface area is 376 Å². The Morgan fingerprint density at radius 1 is 0.344 bits per heavy atom. The number of benzene rings is 9. The first-order chi connectivity index (χ1) is 31.2. The van der Waals surface area contributed by atoms with Gasteiger partial charge in [-0.25, -0.2) is 0 Å². The van der Waals surface area contributed by atoms with Crippen LogP contribution in [0.15, 0.2) is 224 Å². The largest absolute Gasteiger partial charge is 0.500 e. The highest BCUT2D eigenvalue weighted by Crippen LogP contribution is 2.45. The number of fused-ring (bicyclic) bond motifs is 1. The van der Waals surface area contributed by atoms with Gasteiger partial charge in [0.1, 0.15) is 11.5 Å². The molecule has 10 rings (SSSR count). The van der Waals surface area contributed by atoms with E-state index in [0.29, 0.717) is 5.75 Å². The van der Waals surface area contributed by atoms with Gasteiger partial charge in [-0.15, -0.1) is 0 Å². The van der Waals surface area contributed by atoms with Crippen molar-refractivity contribution in [2.45, 2.75) is 38.9 Å². The predicted molar refractivity (Wildman–Crippen MR) is 266 cm³/mol. The standard InChI is InChI=1S/C58H49BN2O3/c1-57(2)58(3,4)64-59(63-57)56-53(61(48-36-32-44(33-37-48)42-20-9-5-10-21-42)49-38-34-45(35-39-49)43-22-11-6-12-23-43)30-19-31-55(56)62-54-41-40-52(50-28-17-18-29-51(50)54)60(46-24-13-7-14-25-46)47-26-15-8-16-27-47/h5-41H,1-4H3. The fraction of sp³-hybridized carbons (Fsp3) is 0.103. The summed E-state index contributed by atoms with van der Waals surface area (Å²) in [6, 6.07) is 78.4. The monoisotopic (exact) mass is 832 g/mol. The van der Waals surface area contributed by atoms with Crippen molar-refractivity contribution in [3.8, 4) is 33.8 Å². The molecule has 0 radical (unpaired) electrons. The minimum absolute atomic E-state index is 0.603. The van der Waals surface area contributed by atoms with Gasteiger partial charge in [-0.2, -0.15) is 0 Å². The van der Waals surface area contributed by atoms with E-state index in [-0.39, 0.29) is 0 Å². The van der Waals surface area contributed by atoms with Crippen LogP contribution in [0.5, 0.6) is 11.5 Å². The fourth-order valence-electron chi connectivity index (χ4n) is 8.55. The Morgan fingerprint density at radius 3 is 1.25 bits per heavy atom. The van der Waals surface area contributed by atoms with Crippen molar-refractivity contribution < 1.29 is 14.0 Å². The van der Waals surface area contributed by atoms with E-state index in [0.717, 1.165) is 78.4 Å². The van der Waals surface area contributed by atoms with Crippen LogP contribution < -0.4 is 20.0 Å². The van der Waals surface area contributed by atoms with E-state index in [2.05, 4.69) is 232 Å². The first kappa shape index (κ1) is 40.7. The van der Waals surface area contributed by atoms with E-state index in [1.807, 2.05) is 30.3 Å². The zero-order valence-corrected chi connectivity index (χ0v) is 36.6. The first-order valence-electron chi connectivity index (χ1n) is 21.9. The Kier molecular flexibility index (Phi) is 10.8. The third kappa shape index (κ3) is 7.83. The molecule has 9 aromatic rings. The molecular formula is C58H49BN2O3. The lowest BCUT2D eigenvalue weighted by atomic mass is 9.76. The number of para-hydroxylation sites is 2. The first-order valence-corrected chi connectivity index (χ1v) is 21.9. The maximum atomic E-state index is 7.23. The average Bonchev–Trinajstić information content (AvgIpc) is 3.56. The Morgan fingerprint density at radius 2 is 0.750 bits per heavy atom. The van der Waals surface area contributed by atoms with Crippen LogP contribution in [-0.2, 0) is 9.31 Å². The SMILES string of the molecule is CC1(C)OB(c2c(Oc3ccc(N(c4ccccc4)c4ccccc4)c4ccccc34)cccc2N(c2ccc(-c3ccccc3)cc2)c2ccc(-c3ccccc3)cc2)OC1(C)C. The van der Waals surface area contributed by atoms with Crippen LogP contribution in [-0.4, -0.2) is 18.3 Å². The summed E-state index contributed by atoms with van der Waals surface area (Å²) < 4.78 is 21.1. The summed E-state index contributed by atoms with van der Waals surface area (Å²) in [7, 11) is -0.747. The van der Waals surface area contributed by atoms with Gasteiger partial charge in [-0.05, 0) is 123 Å². The van der Waals surface area contributed by atoms with Gasteiger partial charge in [0, 0.05) is 44.7 Å². The summed E-state index contributed by atoms with van der Waals surface area (Å²) in [6.07, 6.45) is 0. The molecule has 5 nitrogen and oxygen atoms in total. The number of ether oxygens (including phenoxy) is 1. The van der Waals surface area contributed by atoms with Gasteiger partial charge >= 0.3 is 7.12 Å². The molecule has 0 bridgehead atoms. The quantitative estimate of drug-likeness (QED) is 0.121. The highest BCUT2D eigenvalue weighted by Gasteiger charge is 2.53. The van der Waals surface area contributed by atoms with Crippen LogP contribution in [0.3, 0.4) is 0 Å². The van der Waals surface area contributed by atoms with E-state index in [1.54, 1.807) is 0 Å². The molecular weight excluding hydrogens is 783 g/mol. The molecule has 9 aromatic carbocycles. The van der Waals surface area contributed by atoms with E-state index >= 15 is 0 Å². The molecule has 1 heterocycles. The van der Waals surface area contributed by atoms with Crippen LogP contribution in [0.2, 0.25) is 0 Å². The van der Waals surface area contributed by atoms with E-state index in [9.17, 15) is 0 Å². The molecule has 1 fully saturated rings. The lowest BCUT2D eigenvalue weighted by molar-refractivity contribution is 0.00578. The highest BCUT2D eigenvalue weighted by atomic mass is 16.7. The van der Waals surface area contributed by atoms with Gasteiger partial charge in [-0.1, -0.05) is 152 Å². The van der Waals surface area contributed by atoms with Crippen molar-refractivity contribution in [1.82, 2.24) is 0 Å². The van der Waals surface area contributed by atoms with E-state index in [4.69, 9.17) is 14.0 Å². The topological polar surface area (TPSA) is 34.2 Å². The minimum Gasteiger partial charge on any atom is -0.457 e. The maximum absolute atomic E-state index is 7.23. The molecule has 0 N–H and O–H groups in total. The van der Waals surface area contributed by atoms with E-state index in [1.165, 1.54) is 0 Å². The normalized spacial score (nSPS) is 14.0. The van der Waals surface area contributed by atoms with Crippen molar-refractivity contribution in [2.75, 3.05) is 9.80 Å². The van der Waals surface area contributed by atoms with Crippen molar-refractivity contribution in [2.24, 2.45) is 0 Å². The fourth-order valence-corrected chi connectivity index (χ4v) is 8.55. The van der Waals surface area contributed by atoms with Gasteiger partial charge in [0.25, 0.3) is 0 Å². The van der Waals surface area contributed by atoms with Crippen LogP contribution in [0.4, 0.5) is 34.1 Å². The van der Waals surface area contributed by atoms with Crippen molar-refractivity contribution in [1.29, 1.82) is 0 Å². The zero-order chi connectivity index (χ0) is 43.7. The minimum atomic E-state index is -0.747. The summed E-state index contributed by atoms with van der Waals surface area (Å²) >= 11 is 0. The molecule has 0 unspecified atom stereocenters. The smallest absolute Gasteiger partial charge is 0.457 e. The average molecular weight is 833 g/mol. The second kappa shape index (κ2) is 17.1. The molecule has 1 aliphatic heterocycles. The summed E-state index contributed by atoms with van der Waals surface area (Å²) in [4.78, 5) is 4.59. The number of nitrogens with zero attached hydrogens (tertiary/aromatic N) is 2. The Bertz CT molecular complexity index is 2880. The second-order valence-corrected chi connectivity index (χ2v) is 17.2. The second-order valence-electron chi connectivity index (χ2n) is 17.2. The predicted octanol–water partition coefficient (Wildman–Crippen LogP) is 15.2.